The number of nitrogens with zero attached hydrogens (tertiary/aromatic N) is 12. The third kappa shape index (κ3) is 8.22. The summed E-state index contributed by atoms with van der Waals surface area (Å²) in [4.78, 5) is 60.6. The van der Waals surface area contributed by atoms with Crippen LogP contribution in [0.15, 0.2) is 241 Å². The standard InChI is InChI=1S/C61H38N12S/c1-5-17-39(18-6-1)53-62-35-66-57(70-53)43-29-44(58-67-36-63-54(71-58)40-19-7-2-8-20-40)32-47(31-43)61(49-25-13-15-27-51(49)74-52-28-16-14-26-50(52)61)48-33-45(59-68-37-64-55(72-59)41-21-9-3-10-22-41)30-46(34-48)60-69-38-65-56(73-60)42-23-11-4-12-24-42/h1-38H. The van der Waals surface area contributed by atoms with Gasteiger partial charge in [0, 0.05) is 54.3 Å². The Bertz CT molecular complexity index is 3550. The fourth-order valence-electron chi connectivity index (χ4n) is 9.63. The van der Waals surface area contributed by atoms with E-state index in [1.165, 1.54) is 0 Å². The highest BCUT2D eigenvalue weighted by Crippen LogP contribution is 2.57. The van der Waals surface area contributed by atoms with Gasteiger partial charge in [0.2, 0.25) is 0 Å². The van der Waals surface area contributed by atoms with E-state index in [0.717, 1.165) is 76.6 Å². The molecule has 12 aromatic rings. The van der Waals surface area contributed by atoms with Crippen molar-refractivity contribution in [2.45, 2.75) is 15.2 Å². The molecule has 4 aromatic heterocycles. The Labute approximate surface area is 429 Å². The van der Waals surface area contributed by atoms with Crippen molar-refractivity contribution in [3.05, 3.63) is 254 Å². The van der Waals surface area contributed by atoms with E-state index < -0.39 is 5.41 Å². The molecule has 0 saturated heterocycles. The van der Waals surface area contributed by atoms with E-state index in [4.69, 9.17) is 39.9 Å². The first-order chi connectivity index (χ1) is 36.6. The van der Waals surface area contributed by atoms with Crippen LogP contribution in [0, 0.1) is 0 Å². The summed E-state index contributed by atoms with van der Waals surface area (Å²) in [5.41, 5.74) is 9.27. The molecular formula is C61H38N12S. The van der Waals surface area contributed by atoms with Gasteiger partial charge in [0.05, 0.1) is 5.41 Å². The minimum atomic E-state index is -1.05. The van der Waals surface area contributed by atoms with Gasteiger partial charge in [-0.15, -0.1) is 0 Å². The SMILES string of the molecule is c1ccc(-c2ncnc(-c3cc(-c4ncnc(-c5ccccc5)n4)cc(C4(c5cc(-c6ncnc(-c7ccccc7)n6)cc(-c6ncnc(-c7ccccc7)n6)c5)c5ccccc5Sc5ccccc54)c3)n2)cc1. The average molecular weight is 971 g/mol. The van der Waals surface area contributed by atoms with Gasteiger partial charge < -0.3 is 0 Å². The number of benzene rings is 8. The molecule has 0 unspecified atom stereocenters. The number of hydrogen-bond donors (Lipinski definition) is 0. The molecule has 0 atom stereocenters. The molecule has 12 nitrogen and oxygen atoms in total. The largest absolute Gasteiger partial charge is 0.217 e. The van der Waals surface area contributed by atoms with Crippen LogP contribution in [-0.4, -0.2) is 59.8 Å². The van der Waals surface area contributed by atoms with Crippen LogP contribution in [0.3, 0.4) is 0 Å². The van der Waals surface area contributed by atoms with Crippen molar-refractivity contribution < 1.29 is 0 Å². The van der Waals surface area contributed by atoms with Crippen molar-refractivity contribution in [1.29, 1.82) is 0 Å². The van der Waals surface area contributed by atoms with Crippen LogP contribution in [0.5, 0.6) is 0 Å². The van der Waals surface area contributed by atoms with E-state index in [9.17, 15) is 0 Å². The first-order valence-electron chi connectivity index (χ1n) is 23.8. The minimum absolute atomic E-state index is 0.480. The molecule has 0 saturated carbocycles. The Morgan fingerprint density at radius 1 is 0.243 bits per heavy atom. The van der Waals surface area contributed by atoms with Crippen LogP contribution in [0.4, 0.5) is 0 Å². The molecule has 5 heterocycles. The van der Waals surface area contributed by atoms with E-state index in [2.05, 4.69) is 105 Å². The Morgan fingerprint density at radius 3 is 0.770 bits per heavy atom. The fraction of sp³-hybridized carbons (Fsp3) is 0.0164. The summed E-state index contributed by atoms with van der Waals surface area (Å²) in [7, 11) is 0. The summed E-state index contributed by atoms with van der Waals surface area (Å²) in [6.45, 7) is 0. The van der Waals surface area contributed by atoms with Crippen molar-refractivity contribution in [1.82, 2.24) is 59.8 Å². The zero-order chi connectivity index (χ0) is 49.3. The molecule has 0 N–H and O–H groups in total. The van der Waals surface area contributed by atoms with Crippen LogP contribution in [0.25, 0.3) is 91.1 Å². The van der Waals surface area contributed by atoms with Crippen molar-refractivity contribution in [3.8, 4) is 91.1 Å². The number of rotatable bonds is 10. The number of fused-ring (bicyclic) bond motifs is 2. The molecule has 1 aliphatic rings. The van der Waals surface area contributed by atoms with Crippen molar-refractivity contribution >= 4 is 11.8 Å². The van der Waals surface area contributed by atoms with Crippen LogP contribution in [-0.2, 0) is 5.41 Å². The molecule has 8 aromatic carbocycles. The Hall–Kier alpha value is -9.85. The lowest BCUT2D eigenvalue weighted by Gasteiger charge is -2.42. The summed E-state index contributed by atoms with van der Waals surface area (Å²) in [5.74, 6) is 4.10. The molecule has 0 bridgehead atoms. The van der Waals surface area contributed by atoms with Crippen LogP contribution >= 0.6 is 11.8 Å². The second-order valence-corrected chi connectivity index (χ2v) is 18.5. The molecule has 0 fully saturated rings. The second-order valence-electron chi connectivity index (χ2n) is 17.4. The third-order valence-electron chi connectivity index (χ3n) is 13.0. The van der Waals surface area contributed by atoms with E-state index >= 15 is 0 Å². The highest BCUT2D eigenvalue weighted by atomic mass is 32.2. The van der Waals surface area contributed by atoms with Gasteiger partial charge in [0.1, 0.15) is 25.3 Å². The summed E-state index contributed by atoms with van der Waals surface area (Å²) in [5, 5.41) is 0. The van der Waals surface area contributed by atoms with Crippen LogP contribution in [0.1, 0.15) is 22.3 Å². The molecule has 1 aliphatic heterocycles. The zero-order valence-corrected chi connectivity index (χ0v) is 40.0. The lowest BCUT2D eigenvalue weighted by molar-refractivity contribution is 0.703. The van der Waals surface area contributed by atoms with Gasteiger partial charge in [-0.1, -0.05) is 169 Å². The maximum absolute atomic E-state index is 5.13. The maximum Gasteiger partial charge on any atom is 0.163 e. The quantitative estimate of drug-likeness (QED) is 0.128. The summed E-state index contributed by atoms with van der Waals surface area (Å²) in [6.07, 6.45) is 6.27. The normalized spacial score (nSPS) is 12.4. The Kier molecular flexibility index (Phi) is 11.4. The van der Waals surface area contributed by atoms with Crippen molar-refractivity contribution in [3.63, 3.8) is 0 Å². The van der Waals surface area contributed by atoms with Gasteiger partial charge in [-0.3, -0.25) is 0 Å². The van der Waals surface area contributed by atoms with Crippen LogP contribution < -0.4 is 0 Å². The minimum Gasteiger partial charge on any atom is -0.217 e. The van der Waals surface area contributed by atoms with Gasteiger partial charge in [-0.05, 0) is 70.8 Å². The van der Waals surface area contributed by atoms with E-state index in [1.54, 1.807) is 37.1 Å². The molecular weight excluding hydrogens is 933 g/mol. The van der Waals surface area contributed by atoms with E-state index in [-0.39, 0.29) is 0 Å². The molecule has 0 radical (unpaired) electrons. The molecule has 0 amide bonds. The summed E-state index contributed by atoms with van der Waals surface area (Å²) < 4.78 is 0. The zero-order valence-electron chi connectivity index (χ0n) is 39.2. The molecule has 348 valence electrons. The molecule has 0 aliphatic carbocycles. The molecule has 13 rings (SSSR count). The number of hydrogen-bond acceptors (Lipinski definition) is 13. The highest BCUT2D eigenvalue weighted by Gasteiger charge is 2.45. The molecule has 74 heavy (non-hydrogen) atoms. The van der Waals surface area contributed by atoms with E-state index in [1.807, 2.05) is 121 Å². The highest BCUT2D eigenvalue weighted by molar-refractivity contribution is 7.99. The van der Waals surface area contributed by atoms with Crippen molar-refractivity contribution in [2.24, 2.45) is 0 Å². The third-order valence-corrected chi connectivity index (χ3v) is 14.1. The van der Waals surface area contributed by atoms with Crippen molar-refractivity contribution in [2.75, 3.05) is 0 Å². The maximum atomic E-state index is 5.13. The van der Waals surface area contributed by atoms with Gasteiger partial charge >= 0.3 is 0 Å². The average Bonchev–Trinajstić information content (AvgIpc) is 3.50. The Morgan fingerprint density at radius 2 is 0.486 bits per heavy atom. The van der Waals surface area contributed by atoms with E-state index in [0.29, 0.717) is 46.6 Å². The van der Waals surface area contributed by atoms with Gasteiger partial charge in [0.15, 0.2) is 46.6 Å². The topological polar surface area (TPSA) is 155 Å². The summed E-state index contributed by atoms with van der Waals surface area (Å²) in [6, 6.07) is 69.7. The van der Waals surface area contributed by atoms with Crippen LogP contribution in [0.2, 0.25) is 0 Å². The monoisotopic (exact) mass is 970 g/mol. The predicted octanol–water partition coefficient (Wildman–Crippen LogP) is 12.6. The lowest BCUT2D eigenvalue weighted by atomic mass is 9.64. The second kappa shape index (κ2) is 19.1. The lowest BCUT2D eigenvalue weighted by Crippen LogP contribution is -2.34. The molecule has 13 heteroatoms. The summed E-state index contributed by atoms with van der Waals surface area (Å²) >= 11 is 1.74. The van der Waals surface area contributed by atoms with Gasteiger partial charge in [-0.2, -0.15) is 0 Å². The predicted molar refractivity (Wildman–Crippen MR) is 286 cm³/mol. The Balaban J connectivity index is 1.13. The smallest absolute Gasteiger partial charge is 0.163 e. The number of aromatic nitrogens is 12. The first-order valence-corrected chi connectivity index (χ1v) is 24.6. The molecule has 0 spiro atoms. The van der Waals surface area contributed by atoms with Gasteiger partial charge in [0.25, 0.3) is 0 Å². The fourth-order valence-corrected chi connectivity index (χ4v) is 10.8. The first kappa shape index (κ1) is 44.1. The van der Waals surface area contributed by atoms with Gasteiger partial charge in [-0.25, -0.2) is 59.8 Å².